The Morgan fingerprint density at radius 1 is 1.70 bits per heavy atom. The monoisotopic (exact) mass is 139 g/mol. The van der Waals surface area contributed by atoms with Gasteiger partial charge < -0.3 is 10.1 Å². The lowest BCUT2D eigenvalue weighted by molar-refractivity contribution is 0.291. The van der Waals surface area contributed by atoms with Gasteiger partial charge in [0.2, 0.25) is 0 Å². The number of hydrogen-bond donors (Lipinski definition) is 1. The van der Waals surface area contributed by atoms with Gasteiger partial charge in [0, 0.05) is 12.6 Å². The van der Waals surface area contributed by atoms with Crippen molar-refractivity contribution in [1.82, 2.24) is 5.32 Å². The summed E-state index contributed by atoms with van der Waals surface area (Å²) < 4.78 is 5.23. The minimum absolute atomic E-state index is 0.635. The van der Waals surface area contributed by atoms with E-state index in [1.165, 1.54) is 0 Å². The summed E-state index contributed by atoms with van der Waals surface area (Å²) in [6, 6.07) is 0. The Kier molecular flexibility index (Phi) is 2.00. The second-order valence-electron chi connectivity index (χ2n) is 2.88. The van der Waals surface area contributed by atoms with E-state index in [1.807, 2.05) is 6.20 Å². The summed E-state index contributed by atoms with van der Waals surface area (Å²) in [6.45, 7) is 7.94. The molecule has 0 saturated heterocycles. The fourth-order valence-electron chi connectivity index (χ4n) is 0.881. The van der Waals surface area contributed by atoms with Crippen molar-refractivity contribution in [2.24, 2.45) is 5.92 Å². The molecular weight excluding hydrogens is 126 g/mol. The van der Waals surface area contributed by atoms with Crippen LogP contribution in [0, 0.1) is 5.92 Å². The van der Waals surface area contributed by atoms with Gasteiger partial charge in [0.15, 0.2) is 5.88 Å². The Morgan fingerprint density at radius 3 is 2.80 bits per heavy atom. The molecule has 1 N–H and O–H groups in total. The van der Waals surface area contributed by atoms with Crippen LogP contribution in [0.1, 0.15) is 20.3 Å². The molecule has 1 aliphatic rings. The molecule has 10 heavy (non-hydrogen) atoms. The maximum Gasteiger partial charge on any atom is 0.189 e. The molecular formula is C8H13NO. The summed E-state index contributed by atoms with van der Waals surface area (Å²) in [7, 11) is 0. The minimum atomic E-state index is 0.635. The molecule has 0 radical (unpaired) electrons. The van der Waals surface area contributed by atoms with Crippen LogP contribution in [0.2, 0.25) is 0 Å². The minimum Gasteiger partial charge on any atom is -0.445 e. The molecule has 1 rings (SSSR count). The van der Waals surface area contributed by atoms with Gasteiger partial charge >= 0.3 is 0 Å². The lowest BCUT2D eigenvalue weighted by Gasteiger charge is -2.04. The molecule has 0 unspecified atom stereocenters. The maximum absolute atomic E-state index is 5.23. The van der Waals surface area contributed by atoms with Crippen molar-refractivity contribution in [3.05, 3.63) is 24.4 Å². The third-order valence-electron chi connectivity index (χ3n) is 1.26. The van der Waals surface area contributed by atoms with Crippen LogP contribution in [-0.4, -0.2) is 0 Å². The first-order valence-corrected chi connectivity index (χ1v) is 3.51. The summed E-state index contributed by atoms with van der Waals surface area (Å²) in [4.78, 5) is 0. The maximum atomic E-state index is 5.23. The van der Waals surface area contributed by atoms with Crippen LogP contribution in [0.3, 0.4) is 0 Å². The van der Waals surface area contributed by atoms with E-state index in [4.69, 9.17) is 4.74 Å². The molecule has 56 valence electrons. The van der Waals surface area contributed by atoms with Gasteiger partial charge in [-0.15, -0.1) is 0 Å². The Hall–Kier alpha value is -0.920. The van der Waals surface area contributed by atoms with Gasteiger partial charge in [-0.3, -0.25) is 0 Å². The van der Waals surface area contributed by atoms with E-state index in [0.29, 0.717) is 11.8 Å². The van der Waals surface area contributed by atoms with Gasteiger partial charge in [0.05, 0.1) is 0 Å². The Morgan fingerprint density at radius 2 is 2.40 bits per heavy atom. The molecule has 0 spiro atoms. The fraction of sp³-hybridized carbons (Fsp3) is 0.500. The molecule has 1 heterocycles. The highest BCUT2D eigenvalue weighted by molar-refractivity contribution is 5.07. The van der Waals surface area contributed by atoms with E-state index in [1.54, 1.807) is 0 Å². The van der Waals surface area contributed by atoms with E-state index < -0.39 is 0 Å². The first-order valence-electron chi connectivity index (χ1n) is 3.51. The molecule has 0 aromatic carbocycles. The van der Waals surface area contributed by atoms with E-state index in [9.17, 15) is 0 Å². The average molecular weight is 139 g/mol. The highest BCUT2D eigenvalue weighted by atomic mass is 16.5. The third-order valence-corrected chi connectivity index (χ3v) is 1.26. The standard InChI is InChI=1S/C8H13NO/c1-6(2)4-8-5-9-7(3)10-8/h5-6,9H,3-4H2,1-2H3. The van der Waals surface area contributed by atoms with Crippen LogP contribution in [0.5, 0.6) is 0 Å². The second-order valence-corrected chi connectivity index (χ2v) is 2.88. The first kappa shape index (κ1) is 7.19. The zero-order chi connectivity index (χ0) is 7.56. The van der Waals surface area contributed by atoms with Crippen molar-refractivity contribution in [1.29, 1.82) is 0 Å². The highest BCUT2D eigenvalue weighted by Gasteiger charge is 2.09. The van der Waals surface area contributed by atoms with Crippen LogP contribution in [0.15, 0.2) is 24.4 Å². The van der Waals surface area contributed by atoms with Crippen molar-refractivity contribution in [2.75, 3.05) is 0 Å². The third kappa shape index (κ3) is 1.79. The van der Waals surface area contributed by atoms with Gasteiger partial charge in [-0.25, -0.2) is 0 Å². The number of rotatable bonds is 2. The predicted molar refractivity (Wildman–Crippen MR) is 40.9 cm³/mol. The van der Waals surface area contributed by atoms with Crippen molar-refractivity contribution in [2.45, 2.75) is 20.3 Å². The van der Waals surface area contributed by atoms with Crippen molar-refractivity contribution >= 4 is 0 Å². The van der Waals surface area contributed by atoms with E-state index in [0.717, 1.165) is 12.2 Å². The molecule has 0 aromatic rings. The zero-order valence-electron chi connectivity index (χ0n) is 6.48. The van der Waals surface area contributed by atoms with Crippen LogP contribution in [0.25, 0.3) is 0 Å². The summed E-state index contributed by atoms with van der Waals surface area (Å²) in [6.07, 6.45) is 2.84. The van der Waals surface area contributed by atoms with E-state index in [-0.39, 0.29) is 0 Å². The zero-order valence-corrected chi connectivity index (χ0v) is 6.48. The second kappa shape index (κ2) is 2.78. The Balaban J connectivity index is 2.37. The Bertz CT molecular complexity index is 170. The molecule has 2 nitrogen and oxygen atoms in total. The summed E-state index contributed by atoms with van der Waals surface area (Å²) >= 11 is 0. The molecule has 0 fully saturated rings. The smallest absolute Gasteiger partial charge is 0.189 e. The van der Waals surface area contributed by atoms with Gasteiger partial charge in [0.25, 0.3) is 0 Å². The highest BCUT2D eigenvalue weighted by Crippen LogP contribution is 2.17. The molecule has 0 atom stereocenters. The van der Waals surface area contributed by atoms with E-state index >= 15 is 0 Å². The van der Waals surface area contributed by atoms with Crippen molar-refractivity contribution in [3.63, 3.8) is 0 Å². The van der Waals surface area contributed by atoms with Gasteiger partial charge in [-0.1, -0.05) is 13.8 Å². The summed E-state index contributed by atoms with van der Waals surface area (Å²) in [5, 5.41) is 2.90. The fourth-order valence-corrected chi connectivity index (χ4v) is 0.881. The molecule has 1 aliphatic heterocycles. The number of nitrogens with one attached hydrogen (secondary N) is 1. The van der Waals surface area contributed by atoms with Crippen LogP contribution < -0.4 is 5.32 Å². The number of hydrogen-bond acceptors (Lipinski definition) is 2. The van der Waals surface area contributed by atoms with Crippen molar-refractivity contribution in [3.8, 4) is 0 Å². The quantitative estimate of drug-likeness (QED) is 0.631. The first-order chi connectivity index (χ1) is 4.68. The van der Waals surface area contributed by atoms with Crippen LogP contribution >= 0.6 is 0 Å². The molecule has 0 saturated carbocycles. The summed E-state index contributed by atoms with van der Waals surface area (Å²) in [5.41, 5.74) is 0. The molecule has 2 heteroatoms. The molecule has 0 bridgehead atoms. The van der Waals surface area contributed by atoms with Crippen molar-refractivity contribution < 1.29 is 4.74 Å². The van der Waals surface area contributed by atoms with Crippen LogP contribution in [-0.2, 0) is 4.74 Å². The lowest BCUT2D eigenvalue weighted by Crippen LogP contribution is -1.95. The van der Waals surface area contributed by atoms with Gasteiger partial charge in [-0.2, -0.15) is 0 Å². The lowest BCUT2D eigenvalue weighted by atomic mass is 10.1. The SMILES string of the molecule is C=C1NC=C(CC(C)C)O1. The molecule has 0 aliphatic carbocycles. The topological polar surface area (TPSA) is 21.3 Å². The normalized spacial score (nSPS) is 16.7. The summed E-state index contributed by atoms with van der Waals surface area (Å²) in [5.74, 6) is 2.26. The Labute approximate surface area is 61.6 Å². The van der Waals surface area contributed by atoms with Gasteiger partial charge in [0.1, 0.15) is 5.76 Å². The van der Waals surface area contributed by atoms with Gasteiger partial charge in [-0.05, 0) is 12.5 Å². The number of ether oxygens (including phenoxy) is 1. The largest absolute Gasteiger partial charge is 0.445 e. The molecule has 0 aromatic heterocycles. The number of allylic oxidation sites excluding steroid dienone is 1. The van der Waals surface area contributed by atoms with Crippen LogP contribution in [0.4, 0.5) is 0 Å². The van der Waals surface area contributed by atoms with E-state index in [2.05, 4.69) is 25.7 Å². The molecule has 0 amide bonds. The predicted octanol–water partition coefficient (Wildman–Crippen LogP) is 1.96. The average Bonchev–Trinajstić information content (AvgIpc) is 2.13.